The molecule has 0 saturated carbocycles. The Bertz CT molecular complexity index is 813. The summed E-state index contributed by atoms with van der Waals surface area (Å²) < 4.78 is 7.19. The van der Waals surface area contributed by atoms with E-state index >= 15 is 0 Å². The molecule has 0 fully saturated rings. The van der Waals surface area contributed by atoms with Crippen LogP contribution in [0.5, 0.6) is 0 Å². The Morgan fingerprint density at radius 1 is 1.33 bits per heavy atom. The first-order chi connectivity index (χ1) is 13.1. The van der Waals surface area contributed by atoms with E-state index in [4.69, 9.17) is 17.0 Å². The van der Waals surface area contributed by atoms with E-state index < -0.39 is 0 Å². The molecule has 6 nitrogen and oxygen atoms in total. The van der Waals surface area contributed by atoms with Gasteiger partial charge in [0, 0.05) is 17.6 Å². The third kappa shape index (κ3) is 4.87. The lowest BCUT2D eigenvalue weighted by atomic mass is 10.1. The Morgan fingerprint density at radius 3 is 2.89 bits per heavy atom. The zero-order valence-corrected chi connectivity index (χ0v) is 17.5. The third-order valence-corrected chi connectivity index (χ3v) is 6.03. The normalized spacial score (nSPS) is 13.6. The van der Waals surface area contributed by atoms with Gasteiger partial charge in [-0.15, -0.1) is 11.3 Å². The number of nitrogens with one attached hydrogen (secondary N) is 2. The molecule has 0 amide bonds. The summed E-state index contributed by atoms with van der Waals surface area (Å²) in [5.41, 5.74) is 2.73. The molecule has 2 aromatic heterocycles. The first-order valence-corrected chi connectivity index (χ1v) is 10.7. The highest BCUT2D eigenvalue weighted by atomic mass is 32.1. The van der Waals surface area contributed by atoms with Gasteiger partial charge < -0.3 is 15.4 Å². The molecule has 2 heterocycles. The van der Waals surface area contributed by atoms with Crippen LogP contribution in [-0.2, 0) is 30.7 Å². The lowest BCUT2D eigenvalue weighted by molar-refractivity contribution is 0.0527. The number of carbonyl (C=O) groups excluding carboxylic acids is 1. The molecule has 2 aromatic rings. The highest BCUT2D eigenvalue weighted by Gasteiger charge is 2.26. The molecule has 0 saturated heterocycles. The molecule has 1 aliphatic rings. The summed E-state index contributed by atoms with van der Waals surface area (Å²) in [4.78, 5) is 13.9. The number of thiocarbonyl (C=S) groups is 1. The van der Waals surface area contributed by atoms with Crippen molar-refractivity contribution < 1.29 is 9.53 Å². The van der Waals surface area contributed by atoms with Gasteiger partial charge in [-0.3, -0.25) is 4.68 Å². The average molecular weight is 407 g/mol. The van der Waals surface area contributed by atoms with Gasteiger partial charge in [-0.25, -0.2) is 4.79 Å². The van der Waals surface area contributed by atoms with Gasteiger partial charge in [-0.1, -0.05) is 6.42 Å². The van der Waals surface area contributed by atoms with Crippen LogP contribution in [0, 0.1) is 0 Å². The van der Waals surface area contributed by atoms with Crippen LogP contribution >= 0.6 is 23.6 Å². The van der Waals surface area contributed by atoms with Crippen LogP contribution in [0.2, 0.25) is 0 Å². The van der Waals surface area contributed by atoms with Crippen LogP contribution in [0.15, 0.2) is 12.3 Å². The molecule has 0 radical (unpaired) electrons. The summed E-state index contributed by atoms with van der Waals surface area (Å²) in [5.74, 6) is -0.260. The Hall–Kier alpha value is -1.93. The van der Waals surface area contributed by atoms with Crippen molar-refractivity contribution in [1.29, 1.82) is 0 Å². The van der Waals surface area contributed by atoms with Crippen molar-refractivity contribution in [3.8, 4) is 0 Å². The van der Waals surface area contributed by atoms with Gasteiger partial charge >= 0.3 is 5.97 Å². The molecule has 146 valence electrons. The number of hydrogen-bond donors (Lipinski definition) is 2. The summed E-state index contributed by atoms with van der Waals surface area (Å²) in [6.45, 7) is 5.63. The fourth-order valence-corrected chi connectivity index (χ4v) is 4.76. The molecule has 0 aliphatic heterocycles. The fraction of sp³-hybridized carbons (Fsp3) is 0.526. The number of rotatable bonds is 6. The number of anilines is 1. The summed E-state index contributed by atoms with van der Waals surface area (Å²) in [6, 6.07) is 1.97. The molecule has 0 atom stereocenters. The second kappa shape index (κ2) is 9.32. The summed E-state index contributed by atoms with van der Waals surface area (Å²) >= 11 is 7.07. The Labute approximate surface area is 169 Å². The largest absolute Gasteiger partial charge is 0.462 e. The van der Waals surface area contributed by atoms with Gasteiger partial charge in [0.25, 0.3) is 0 Å². The van der Waals surface area contributed by atoms with E-state index in [1.807, 2.05) is 30.8 Å². The van der Waals surface area contributed by atoms with Crippen LogP contribution in [0.3, 0.4) is 0 Å². The first-order valence-electron chi connectivity index (χ1n) is 9.51. The van der Waals surface area contributed by atoms with Gasteiger partial charge in [-0.2, -0.15) is 5.10 Å². The van der Waals surface area contributed by atoms with Crippen molar-refractivity contribution in [3.05, 3.63) is 34.0 Å². The van der Waals surface area contributed by atoms with Crippen LogP contribution in [0.1, 0.15) is 59.6 Å². The molecule has 2 N–H and O–H groups in total. The molecule has 0 spiro atoms. The van der Waals surface area contributed by atoms with Gasteiger partial charge in [0.1, 0.15) is 5.00 Å². The lowest BCUT2D eigenvalue weighted by Crippen LogP contribution is -2.28. The van der Waals surface area contributed by atoms with E-state index in [-0.39, 0.29) is 5.97 Å². The van der Waals surface area contributed by atoms with Crippen LogP contribution in [0.25, 0.3) is 0 Å². The number of esters is 1. The van der Waals surface area contributed by atoms with Crippen molar-refractivity contribution >= 4 is 39.6 Å². The molecule has 8 heteroatoms. The Morgan fingerprint density at radius 2 is 2.15 bits per heavy atom. The van der Waals surface area contributed by atoms with Crippen molar-refractivity contribution in [2.75, 3.05) is 11.9 Å². The minimum atomic E-state index is -0.260. The van der Waals surface area contributed by atoms with Crippen LogP contribution < -0.4 is 10.6 Å². The summed E-state index contributed by atoms with van der Waals surface area (Å²) in [7, 11) is 0. The molecular weight excluding hydrogens is 380 g/mol. The molecule has 0 aromatic carbocycles. The maximum Gasteiger partial charge on any atom is 0.341 e. The molecule has 27 heavy (non-hydrogen) atoms. The molecule has 1 aliphatic carbocycles. The molecule has 0 bridgehead atoms. The quantitative estimate of drug-likeness (QED) is 0.431. The van der Waals surface area contributed by atoms with Crippen LogP contribution in [0.4, 0.5) is 5.00 Å². The average Bonchev–Trinajstić information content (AvgIpc) is 3.18. The lowest BCUT2D eigenvalue weighted by Gasteiger charge is -2.11. The van der Waals surface area contributed by atoms with E-state index in [1.165, 1.54) is 11.3 Å². The number of ether oxygens (including phenoxy) is 1. The highest BCUT2D eigenvalue weighted by molar-refractivity contribution is 7.80. The number of carbonyl (C=O) groups is 1. The van der Waals surface area contributed by atoms with Gasteiger partial charge in [0.05, 0.1) is 24.4 Å². The monoisotopic (exact) mass is 406 g/mol. The Kier molecular flexibility index (Phi) is 6.84. The molecule has 3 rings (SSSR count). The van der Waals surface area contributed by atoms with E-state index in [2.05, 4.69) is 15.7 Å². The van der Waals surface area contributed by atoms with Crippen molar-refractivity contribution in [2.45, 2.75) is 59.0 Å². The van der Waals surface area contributed by atoms with Crippen LogP contribution in [-0.4, -0.2) is 27.5 Å². The van der Waals surface area contributed by atoms with E-state index in [0.717, 1.165) is 48.5 Å². The second-order valence-corrected chi connectivity index (χ2v) is 7.97. The third-order valence-electron chi connectivity index (χ3n) is 4.58. The SMILES string of the molecule is CCOC(=O)c1c(NC(=S)NCc2ccn(CC)n2)sc2c1CCCCC2. The number of hydrogen-bond acceptors (Lipinski definition) is 5. The minimum absolute atomic E-state index is 0.260. The van der Waals surface area contributed by atoms with Crippen molar-refractivity contribution in [2.24, 2.45) is 0 Å². The number of thiophene rings is 1. The standard InChI is InChI=1S/C19H26N4O2S2/c1-3-23-11-10-13(22-23)12-20-19(26)21-17-16(18(24)25-4-2)14-8-6-5-7-9-15(14)27-17/h10-11H,3-9,12H2,1-2H3,(H2,20,21,26). The zero-order chi connectivity index (χ0) is 19.2. The van der Waals surface area contributed by atoms with Gasteiger partial charge in [0.2, 0.25) is 0 Å². The second-order valence-electron chi connectivity index (χ2n) is 6.46. The maximum atomic E-state index is 12.6. The maximum absolute atomic E-state index is 12.6. The number of fused-ring (bicyclic) bond motifs is 1. The number of aryl methyl sites for hydroxylation is 2. The van der Waals surface area contributed by atoms with E-state index in [9.17, 15) is 4.79 Å². The summed E-state index contributed by atoms with van der Waals surface area (Å²) in [5, 5.41) is 12.1. The predicted molar refractivity (Wildman–Crippen MR) is 112 cm³/mol. The highest BCUT2D eigenvalue weighted by Crippen LogP contribution is 2.38. The minimum Gasteiger partial charge on any atom is -0.462 e. The van der Waals surface area contributed by atoms with Crippen molar-refractivity contribution in [3.63, 3.8) is 0 Å². The smallest absolute Gasteiger partial charge is 0.341 e. The predicted octanol–water partition coefficient (Wildman–Crippen LogP) is 3.90. The van der Waals surface area contributed by atoms with Gasteiger partial charge in [0.15, 0.2) is 5.11 Å². The number of aromatic nitrogens is 2. The Balaban J connectivity index is 1.72. The van der Waals surface area contributed by atoms with Crippen molar-refractivity contribution in [1.82, 2.24) is 15.1 Å². The zero-order valence-electron chi connectivity index (χ0n) is 15.8. The molecule has 0 unspecified atom stereocenters. The fourth-order valence-electron chi connectivity index (χ4n) is 3.24. The van der Waals surface area contributed by atoms with Gasteiger partial charge in [-0.05, 0) is 63.4 Å². The first kappa shape index (κ1) is 19.8. The van der Waals surface area contributed by atoms with E-state index in [0.29, 0.717) is 23.8 Å². The molecular formula is C19H26N4O2S2. The van der Waals surface area contributed by atoms with E-state index in [1.54, 1.807) is 11.3 Å². The summed E-state index contributed by atoms with van der Waals surface area (Å²) in [6.07, 6.45) is 7.37. The number of nitrogens with zero attached hydrogens (tertiary/aromatic N) is 2. The topological polar surface area (TPSA) is 68.2 Å².